The number of carbonyl (C=O) groups is 1. The average molecular weight is 138 g/mol. The first kappa shape index (κ1) is 16.2. The fourth-order valence-electron chi connectivity index (χ4n) is 0. The van der Waals surface area contributed by atoms with Gasteiger partial charge in [0.15, 0.2) is 0 Å². The second kappa shape index (κ2) is 8.43. The van der Waals surface area contributed by atoms with E-state index in [0.29, 0.717) is 0 Å². The summed E-state index contributed by atoms with van der Waals surface area (Å²) >= 11 is 0. The summed E-state index contributed by atoms with van der Waals surface area (Å²) in [5, 5.41) is 15.8. The van der Waals surface area contributed by atoms with Crippen molar-refractivity contribution in [1.82, 2.24) is 0 Å². The van der Waals surface area contributed by atoms with Gasteiger partial charge in [0.05, 0.1) is 0 Å². The van der Waals surface area contributed by atoms with Gasteiger partial charge in [-0.15, -0.1) is 0 Å². The third-order valence-corrected chi connectivity index (χ3v) is 0.357. The van der Waals surface area contributed by atoms with Crippen molar-refractivity contribution >= 4 is 65.1 Å². The molecular weight excluding hydrogens is 130 g/mol. The van der Waals surface area contributed by atoms with E-state index in [1.165, 1.54) is 6.92 Å². The topological polar surface area (TPSA) is 57.5 Å². The van der Waals surface area contributed by atoms with E-state index in [1.54, 1.807) is 0 Å². The number of rotatable bonds is 1. The van der Waals surface area contributed by atoms with Crippen molar-refractivity contribution in [3.05, 3.63) is 0 Å². The number of aliphatic carboxylic acids is 1. The molecular formula is C3H8Na2O3. The first-order valence-electron chi connectivity index (χ1n) is 1.55. The van der Waals surface area contributed by atoms with Crippen molar-refractivity contribution in [3.63, 3.8) is 0 Å². The minimum absolute atomic E-state index is 0. The Morgan fingerprint density at radius 1 is 1.50 bits per heavy atom. The third-order valence-electron chi connectivity index (χ3n) is 0.357. The van der Waals surface area contributed by atoms with Gasteiger partial charge in [-0.1, -0.05) is 0 Å². The Balaban J connectivity index is -0.000000125. The summed E-state index contributed by atoms with van der Waals surface area (Å²) in [4.78, 5) is 9.45. The average Bonchev–Trinajstić information content (AvgIpc) is 1.36. The molecule has 0 rings (SSSR count). The molecule has 8 heavy (non-hydrogen) atoms. The van der Waals surface area contributed by atoms with Crippen LogP contribution in [0.25, 0.3) is 0 Å². The molecule has 0 aromatic carbocycles. The molecule has 0 bridgehead atoms. The molecule has 0 aliphatic heterocycles. The van der Waals surface area contributed by atoms with Gasteiger partial charge in [0.1, 0.15) is 6.10 Å². The number of aliphatic hydroxyl groups excluding tert-OH is 1. The van der Waals surface area contributed by atoms with E-state index in [4.69, 9.17) is 10.2 Å². The zero-order valence-corrected chi connectivity index (χ0v) is 3.38. The van der Waals surface area contributed by atoms with Crippen LogP contribution >= 0.6 is 0 Å². The fraction of sp³-hybridized carbons (Fsp3) is 0.667. The maximum absolute atomic E-state index is 9.45. The van der Waals surface area contributed by atoms with Crippen LogP contribution in [0.15, 0.2) is 0 Å². The summed E-state index contributed by atoms with van der Waals surface area (Å²) in [6, 6.07) is 0. The van der Waals surface area contributed by atoms with E-state index in [-0.39, 0.29) is 59.1 Å². The Bertz CT molecular complexity index is 63.5. The number of carboxylic acid groups (broad SMARTS) is 1. The molecule has 5 heteroatoms. The molecule has 1 unspecified atom stereocenters. The predicted octanol–water partition coefficient (Wildman–Crippen LogP) is -1.85. The van der Waals surface area contributed by atoms with Gasteiger partial charge in [-0.2, -0.15) is 0 Å². The molecule has 0 heterocycles. The zero-order valence-electron chi connectivity index (χ0n) is 3.38. The summed E-state index contributed by atoms with van der Waals surface area (Å²) in [5.41, 5.74) is 0. The summed E-state index contributed by atoms with van der Waals surface area (Å²) in [6.07, 6.45) is -1.23. The normalized spacial score (nSPS) is 10.2. The molecule has 3 nitrogen and oxygen atoms in total. The van der Waals surface area contributed by atoms with Crippen LogP contribution in [0.4, 0.5) is 0 Å². The van der Waals surface area contributed by atoms with Gasteiger partial charge in [0.25, 0.3) is 0 Å². The monoisotopic (exact) mass is 138 g/mol. The van der Waals surface area contributed by atoms with Crippen LogP contribution in [-0.2, 0) is 4.79 Å². The van der Waals surface area contributed by atoms with Crippen LogP contribution in [0.3, 0.4) is 0 Å². The Morgan fingerprint density at radius 3 is 1.62 bits per heavy atom. The van der Waals surface area contributed by atoms with Crippen molar-refractivity contribution in [2.24, 2.45) is 0 Å². The van der Waals surface area contributed by atoms with Crippen LogP contribution in [0.1, 0.15) is 6.92 Å². The first-order chi connectivity index (χ1) is 2.64. The molecule has 0 radical (unpaired) electrons. The molecule has 40 valence electrons. The molecule has 0 saturated heterocycles. The van der Waals surface area contributed by atoms with Crippen molar-refractivity contribution in [1.29, 1.82) is 0 Å². The van der Waals surface area contributed by atoms with E-state index in [2.05, 4.69) is 0 Å². The summed E-state index contributed by atoms with van der Waals surface area (Å²) in [6.45, 7) is 1.20. The number of aliphatic hydroxyl groups is 1. The molecule has 0 amide bonds. The van der Waals surface area contributed by atoms with Gasteiger partial charge in [0, 0.05) is 0 Å². The molecule has 0 saturated carbocycles. The summed E-state index contributed by atoms with van der Waals surface area (Å²) in [7, 11) is 0. The van der Waals surface area contributed by atoms with E-state index in [9.17, 15) is 4.79 Å². The first-order valence-corrected chi connectivity index (χ1v) is 1.55. The standard InChI is InChI=1S/C3H6O3.2Na.2H/c1-2(4)3(5)6;;;;/h2,4H,1H3,(H,5,6);;;;. The molecule has 0 aromatic heterocycles. The van der Waals surface area contributed by atoms with Crippen molar-refractivity contribution in [3.8, 4) is 0 Å². The Kier molecular flexibility index (Phi) is 17.1. The quantitative estimate of drug-likeness (QED) is 0.418. The van der Waals surface area contributed by atoms with Crippen LogP contribution < -0.4 is 0 Å². The van der Waals surface area contributed by atoms with E-state index in [0.717, 1.165) is 0 Å². The van der Waals surface area contributed by atoms with Crippen LogP contribution in [-0.4, -0.2) is 81.4 Å². The van der Waals surface area contributed by atoms with Gasteiger partial charge < -0.3 is 10.2 Å². The second-order valence-corrected chi connectivity index (χ2v) is 1.01. The maximum atomic E-state index is 9.45. The van der Waals surface area contributed by atoms with Crippen LogP contribution in [0.2, 0.25) is 0 Å². The molecule has 0 aliphatic carbocycles. The van der Waals surface area contributed by atoms with Gasteiger partial charge in [0.2, 0.25) is 0 Å². The molecule has 1 atom stereocenters. The fourth-order valence-corrected chi connectivity index (χ4v) is 0. The predicted molar refractivity (Wildman–Crippen MR) is 33.6 cm³/mol. The van der Waals surface area contributed by atoms with E-state index in [1.807, 2.05) is 0 Å². The zero-order chi connectivity index (χ0) is 5.15. The number of carboxylic acids is 1. The minimum atomic E-state index is -1.23. The van der Waals surface area contributed by atoms with Crippen LogP contribution in [0, 0.1) is 0 Å². The SMILES string of the molecule is CC(O)C(=O)O.[NaH].[NaH]. The Hall–Kier alpha value is 1.43. The van der Waals surface area contributed by atoms with Crippen LogP contribution in [0.5, 0.6) is 0 Å². The van der Waals surface area contributed by atoms with Gasteiger partial charge in [-0.25, -0.2) is 4.79 Å². The van der Waals surface area contributed by atoms with Gasteiger partial charge in [-0.3, -0.25) is 0 Å². The molecule has 2 N–H and O–H groups in total. The number of hydrogen-bond donors (Lipinski definition) is 2. The van der Waals surface area contributed by atoms with Crippen molar-refractivity contribution in [2.75, 3.05) is 0 Å². The summed E-state index contributed by atoms with van der Waals surface area (Å²) < 4.78 is 0. The molecule has 0 aliphatic rings. The van der Waals surface area contributed by atoms with Crippen molar-refractivity contribution < 1.29 is 15.0 Å². The second-order valence-electron chi connectivity index (χ2n) is 1.01. The molecule has 0 aromatic rings. The van der Waals surface area contributed by atoms with E-state index < -0.39 is 12.1 Å². The van der Waals surface area contributed by atoms with Gasteiger partial charge >= 0.3 is 65.1 Å². The Labute approximate surface area is 92.0 Å². The number of hydrogen-bond acceptors (Lipinski definition) is 2. The van der Waals surface area contributed by atoms with Gasteiger partial charge in [-0.05, 0) is 6.92 Å². The van der Waals surface area contributed by atoms with E-state index >= 15 is 0 Å². The van der Waals surface area contributed by atoms with Crippen molar-refractivity contribution in [2.45, 2.75) is 13.0 Å². The Morgan fingerprint density at radius 2 is 1.62 bits per heavy atom. The molecule has 0 spiro atoms. The molecule has 0 fully saturated rings. The third kappa shape index (κ3) is 10.4. The summed E-state index contributed by atoms with van der Waals surface area (Å²) in [5.74, 6) is -1.19.